The highest BCUT2D eigenvalue weighted by molar-refractivity contribution is 6.16. The molecule has 352 valence electrons. The molecule has 0 saturated heterocycles. The molecular weight excluding hydrogens is 897 g/mol. The quantitative estimate of drug-likeness (QED) is 0.160. The van der Waals surface area contributed by atoms with Crippen molar-refractivity contribution in [3.05, 3.63) is 252 Å². The van der Waals surface area contributed by atoms with Crippen molar-refractivity contribution in [1.82, 2.24) is 19.5 Å². The van der Waals surface area contributed by atoms with Gasteiger partial charge in [0.15, 0.2) is 17.5 Å². The highest BCUT2D eigenvalue weighted by Gasteiger charge is 2.54. The minimum atomic E-state index is -0.0274. The van der Waals surface area contributed by atoms with E-state index in [1.807, 2.05) is 36.4 Å². The first-order valence-electron chi connectivity index (χ1n) is 26.3. The first-order valence-corrected chi connectivity index (χ1v) is 26.3. The van der Waals surface area contributed by atoms with Crippen LogP contribution in [0.1, 0.15) is 54.9 Å². The van der Waals surface area contributed by atoms with Crippen LogP contribution in [-0.2, 0) is 11.8 Å². The molecule has 0 aliphatic heterocycles. The Kier molecular flexibility index (Phi) is 9.66. The van der Waals surface area contributed by atoms with E-state index >= 15 is 0 Å². The molecule has 0 amide bonds. The molecule has 4 heteroatoms. The summed E-state index contributed by atoms with van der Waals surface area (Å²) in [5.41, 5.74) is 23.9. The predicted molar refractivity (Wildman–Crippen MR) is 304 cm³/mol. The second kappa shape index (κ2) is 16.7. The van der Waals surface area contributed by atoms with Crippen molar-refractivity contribution in [2.24, 2.45) is 11.8 Å². The lowest BCUT2D eigenvalue weighted by Crippen LogP contribution is -2.14. The summed E-state index contributed by atoms with van der Waals surface area (Å²) < 4.78 is 2.39. The van der Waals surface area contributed by atoms with Gasteiger partial charge in [-0.3, -0.25) is 0 Å². The zero-order valence-corrected chi connectivity index (χ0v) is 41.5. The van der Waals surface area contributed by atoms with Gasteiger partial charge < -0.3 is 4.57 Å². The van der Waals surface area contributed by atoms with E-state index in [9.17, 15) is 0 Å². The van der Waals surface area contributed by atoms with E-state index in [0.29, 0.717) is 35.2 Å². The minimum absolute atomic E-state index is 0.0274. The number of nitrogens with zero attached hydrogens (tertiary/aromatic N) is 4. The third kappa shape index (κ3) is 6.78. The summed E-state index contributed by atoms with van der Waals surface area (Å²) in [6, 6.07) is 75.8. The van der Waals surface area contributed by atoms with Crippen LogP contribution in [-0.4, -0.2) is 19.5 Å². The fourth-order valence-corrected chi connectivity index (χ4v) is 13.3. The average Bonchev–Trinajstić information content (AvgIpc) is 4.09. The maximum absolute atomic E-state index is 5.27. The minimum Gasteiger partial charge on any atom is -0.309 e. The molecule has 4 aliphatic rings. The van der Waals surface area contributed by atoms with E-state index in [4.69, 9.17) is 15.0 Å². The molecule has 4 nitrogen and oxygen atoms in total. The second-order valence-corrected chi connectivity index (χ2v) is 21.4. The van der Waals surface area contributed by atoms with Crippen LogP contribution in [0, 0.1) is 11.8 Å². The molecule has 0 bridgehead atoms. The fraction of sp³-hybridized carbons (Fsp3) is 0.129. The first kappa shape index (κ1) is 42.9. The molecule has 2 unspecified atom stereocenters. The third-order valence-corrected chi connectivity index (χ3v) is 16.9. The van der Waals surface area contributed by atoms with E-state index in [0.717, 1.165) is 63.4 Å². The van der Waals surface area contributed by atoms with E-state index in [-0.39, 0.29) is 5.41 Å². The van der Waals surface area contributed by atoms with Crippen molar-refractivity contribution < 1.29 is 0 Å². The van der Waals surface area contributed by atoms with Gasteiger partial charge in [-0.2, -0.15) is 0 Å². The Bertz CT molecular complexity index is 4080. The first-order chi connectivity index (χ1) is 36.4. The molecule has 1 saturated carbocycles. The number of para-hydroxylation sites is 1. The summed E-state index contributed by atoms with van der Waals surface area (Å²) in [5, 5.41) is 2.26. The molecule has 2 heterocycles. The van der Waals surface area contributed by atoms with Crippen LogP contribution in [0.15, 0.2) is 230 Å². The van der Waals surface area contributed by atoms with Gasteiger partial charge in [-0.1, -0.05) is 195 Å². The normalized spacial score (nSPS) is 17.7. The van der Waals surface area contributed by atoms with Gasteiger partial charge in [0.1, 0.15) is 0 Å². The van der Waals surface area contributed by atoms with E-state index < -0.39 is 0 Å². The molecule has 74 heavy (non-hydrogen) atoms. The number of hydrogen-bond donors (Lipinski definition) is 0. The SMILES string of the molecule is CC1(C)c2ccccc2-c2cc(-c3ccc4c(c3)-c3cc(-c5ccc6c(c5)c5c(-c7nc(-c8ccccc8)nc(-c8ccccc8)n7)cccc5n6-c5ccccc5)ccc3[C@H]3C(C4)C3C3=CC=CCC3)ccc21. The molecule has 0 N–H and O–H groups in total. The third-order valence-electron chi connectivity index (χ3n) is 16.9. The second-order valence-electron chi connectivity index (χ2n) is 21.4. The van der Waals surface area contributed by atoms with Gasteiger partial charge in [0.2, 0.25) is 0 Å². The van der Waals surface area contributed by atoms with Crippen molar-refractivity contribution in [3.8, 4) is 84.4 Å². The topological polar surface area (TPSA) is 43.6 Å². The number of rotatable bonds is 7. The molecular formula is C70H52N4. The number of fused-ring (bicyclic) bond motifs is 11. The van der Waals surface area contributed by atoms with E-state index in [1.54, 1.807) is 5.57 Å². The Labute approximate surface area is 432 Å². The lowest BCUT2D eigenvalue weighted by molar-refractivity contribution is 0.660. The standard InChI is InChI=1S/C70H52N4/c1-70(2)60-28-16-15-26-52(60)57-40-48(33-36-61(57)70)46-30-31-50-42-59-64(43-18-7-3-8-19-43)66(59)53-35-32-47(39-56(53)55(50)38-46)49-34-37-62-58(41-49)65-54(27-17-29-63(65)74(62)51-24-13-6-14-25-51)69-72-67(44-20-9-4-10-21-44)71-68(73-69)45-22-11-5-12-23-45/h3-7,9-18,20-41,59,64,66H,8,19,42H2,1-2H3/t59?,64?,66-/m0/s1. The fourth-order valence-electron chi connectivity index (χ4n) is 13.3. The lowest BCUT2D eigenvalue weighted by Gasteiger charge is -2.21. The average molecular weight is 949 g/mol. The van der Waals surface area contributed by atoms with Crippen molar-refractivity contribution >= 4 is 21.8 Å². The Hall–Kier alpha value is -8.73. The highest BCUT2D eigenvalue weighted by atomic mass is 15.0. The smallest absolute Gasteiger partial charge is 0.164 e. The molecule has 0 spiro atoms. The zero-order valence-electron chi connectivity index (χ0n) is 41.5. The van der Waals surface area contributed by atoms with Crippen LogP contribution in [0.4, 0.5) is 0 Å². The van der Waals surface area contributed by atoms with Gasteiger partial charge in [0.05, 0.1) is 11.0 Å². The maximum atomic E-state index is 5.27. The molecule has 1 fully saturated rings. The van der Waals surface area contributed by atoms with Crippen LogP contribution in [0.2, 0.25) is 0 Å². The molecule has 9 aromatic carbocycles. The Morgan fingerprint density at radius 3 is 1.81 bits per heavy atom. The van der Waals surface area contributed by atoms with Crippen LogP contribution in [0.25, 0.3) is 106 Å². The predicted octanol–water partition coefficient (Wildman–Crippen LogP) is 17.4. The highest BCUT2D eigenvalue weighted by Crippen LogP contribution is 2.64. The van der Waals surface area contributed by atoms with Gasteiger partial charge in [0.25, 0.3) is 0 Å². The van der Waals surface area contributed by atoms with E-state index in [1.165, 1.54) is 66.8 Å². The van der Waals surface area contributed by atoms with Crippen molar-refractivity contribution in [3.63, 3.8) is 0 Å². The van der Waals surface area contributed by atoms with Crippen LogP contribution < -0.4 is 0 Å². The summed E-state index contributed by atoms with van der Waals surface area (Å²) >= 11 is 0. The number of hydrogen-bond acceptors (Lipinski definition) is 3. The van der Waals surface area contributed by atoms with Gasteiger partial charge in [-0.15, -0.1) is 0 Å². The molecule has 3 atom stereocenters. The zero-order chi connectivity index (χ0) is 49.1. The summed E-state index contributed by atoms with van der Waals surface area (Å²) in [5.74, 6) is 3.62. The Morgan fingerprint density at radius 2 is 1.07 bits per heavy atom. The lowest BCUT2D eigenvalue weighted by atomic mass is 9.82. The molecule has 0 radical (unpaired) electrons. The number of benzene rings is 9. The summed E-state index contributed by atoms with van der Waals surface area (Å²) in [6.07, 6.45) is 10.4. The van der Waals surface area contributed by atoms with Gasteiger partial charge >= 0.3 is 0 Å². The molecule has 2 aromatic heterocycles. The monoisotopic (exact) mass is 948 g/mol. The van der Waals surface area contributed by atoms with E-state index in [2.05, 4.69) is 207 Å². The van der Waals surface area contributed by atoms with Gasteiger partial charge in [0, 0.05) is 38.6 Å². The Balaban J connectivity index is 0.914. The molecule has 11 aromatic rings. The van der Waals surface area contributed by atoms with Crippen molar-refractivity contribution in [1.29, 1.82) is 0 Å². The summed E-state index contributed by atoms with van der Waals surface area (Å²) in [4.78, 5) is 15.6. The van der Waals surface area contributed by atoms with Crippen LogP contribution in [0.5, 0.6) is 0 Å². The van der Waals surface area contributed by atoms with Crippen molar-refractivity contribution in [2.45, 2.75) is 44.4 Å². The number of allylic oxidation sites excluding steroid dienone is 4. The van der Waals surface area contributed by atoms with Crippen LogP contribution in [0.3, 0.4) is 0 Å². The Morgan fingerprint density at radius 1 is 0.459 bits per heavy atom. The van der Waals surface area contributed by atoms with Gasteiger partial charge in [-0.25, -0.2) is 15.0 Å². The molecule has 4 aliphatic carbocycles. The summed E-state index contributed by atoms with van der Waals surface area (Å²) in [7, 11) is 0. The summed E-state index contributed by atoms with van der Waals surface area (Å²) in [6.45, 7) is 4.73. The van der Waals surface area contributed by atoms with Gasteiger partial charge in [-0.05, 0) is 152 Å². The number of aromatic nitrogens is 4. The van der Waals surface area contributed by atoms with Crippen molar-refractivity contribution in [2.75, 3.05) is 0 Å². The molecule has 15 rings (SSSR count). The largest absolute Gasteiger partial charge is 0.309 e. The van der Waals surface area contributed by atoms with Crippen LogP contribution >= 0.6 is 0 Å². The maximum Gasteiger partial charge on any atom is 0.164 e.